The van der Waals surface area contributed by atoms with Gasteiger partial charge in [-0.05, 0) is 57.1 Å². The average molecular weight is 517 g/mol. The largest absolute Gasteiger partial charge is 0.481 e. The van der Waals surface area contributed by atoms with Crippen molar-refractivity contribution in [1.29, 1.82) is 5.26 Å². The van der Waals surface area contributed by atoms with Gasteiger partial charge in [0.25, 0.3) is 11.5 Å². The van der Waals surface area contributed by atoms with E-state index in [0.717, 1.165) is 37.3 Å². The summed E-state index contributed by atoms with van der Waals surface area (Å²) in [5, 5.41) is 18.5. The lowest BCUT2D eigenvalue weighted by molar-refractivity contribution is -0.137. The predicted octanol–water partition coefficient (Wildman–Crippen LogP) is 4.13. The van der Waals surface area contributed by atoms with Crippen molar-refractivity contribution in [3.63, 3.8) is 0 Å². The molecule has 2 aliphatic rings. The summed E-state index contributed by atoms with van der Waals surface area (Å²) >= 11 is 6.69. The van der Waals surface area contributed by atoms with Gasteiger partial charge in [-0.15, -0.1) is 0 Å². The minimum absolute atomic E-state index is 0.0983. The molecule has 8 nitrogen and oxygen atoms in total. The van der Waals surface area contributed by atoms with Crippen molar-refractivity contribution in [1.82, 2.24) is 9.47 Å². The summed E-state index contributed by atoms with van der Waals surface area (Å²) in [6.45, 7) is 8.37. The molecule has 1 N–H and O–H groups in total. The van der Waals surface area contributed by atoms with E-state index >= 15 is 0 Å². The molecule has 0 atom stereocenters. The zero-order chi connectivity index (χ0) is 25.7. The average Bonchev–Trinajstić information content (AvgIpc) is 3.08. The lowest BCUT2D eigenvalue weighted by Crippen LogP contribution is -2.39. The number of thiocarbonyl (C=S) groups is 1. The minimum atomic E-state index is -0.821. The molecule has 1 amide bonds. The third-order valence-corrected chi connectivity index (χ3v) is 8.04. The first-order valence-corrected chi connectivity index (χ1v) is 13.3. The molecule has 0 unspecified atom stereocenters. The van der Waals surface area contributed by atoms with E-state index in [9.17, 15) is 19.6 Å². The second-order valence-corrected chi connectivity index (χ2v) is 10.8. The number of aliphatic carboxylic acids is 1. The van der Waals surface area contributed by atoms with E-state index < -0.39 is 5.97 Å². The second-order valence-electron chi connectivity index (χ2n) is 9.11. The van der Waals surface area contributed by atoms with Crippen molar-refractivity contribution in [2.24, 2.45) is 5.92 Å². The summed E-state index contributed by atoms with van der Waals surface area (Å²) in [7, 11) is 0. The molecule has 3 heterocycles. The monoisotopic (exact) mass is 516 g/mol. The maximum absolute atomic E-state index is 13.2. The standard InChI is InChI=1S/C25H32N4O4S2/c1-4-28-22(27-12-9-16(2)10-13-27)18(17(3)19(15-26)23(28)32)14-20-24(33)29(25(34)35-20)11-7-5-6-8-21(30)31/h14,16H,4-13H2,1-3H3,(H,30,31)/b20-14-. The molecule has 0 aliphatic carbocycles. The molecule has 0 saturated carbocycles. The first kappa shape index (κ1) is 27.0. The fourth-order valence-electron chi connectivity index (χ4n) is 4.55. The molecular formula is C25H32N4O4S2. The molecule has 1 aromatic rings. The Hall–Kier alpha value is -2.64. The molecule has 2 aliphatic heterocycles. The number of unbranched alkanes of at least 4 members (excludes halogenated alkanes) is 2. The number of anilines is 1. The van der Waals surface area contributed by atoms with Crippen LogP contribution in [0.3, 0.4) is 0 Å². The number of hydrogen-bond acceptors (Lipinski definition) is 7. The van der Waals surface area contributed by atoms with E-state index in [1.165, 1.54) is 11.8 Å². The number of carboxylic acids is 1. The van der Waals surface area contributed by atoms with Crippen molar-refractivity contribution in [2.45, 2.75) is 65.8 Å². The number of carbonyl (C=O) groups excluding carboxylic acids is 1. The summed E-state index contributed by atoms with van der Waals surface area (Å²) in [5.74, 6) is 0.365. The number of pyridine rings is 1. The van der Waals surface area contributed by atoms with Crippen molar-refractivity contribution >= 4 is 52.1 Å². The van der Waals surface area contributed by atoms with Crippen LogP contribution in [-0.2, 0) is 16.1 Å². The summed E-state index contributed by atoms with van der Waals surface area (Å²) < 4.78 is 2.12. The highest BCUT2D eigenvalue weighted by molar-refractivity contribution is 8.26. The Balaban J connectivity index is 1.96. The highest BCUT2D eigenvalue weighted by Gasteiger charge is 2.33. The van der Waals surface area contributed by atoms with Crippen LogP contribution in [0.15, 0.2) is 9.70 Å². The summed E-state index contributed by atoms with van der Waals surface area (Å²) in [6, 6.07) is 2.07. The zero-order valence-electron chi connectivity index (χ0n) is 20.5. The number of piperidine rings is 1. The third kappa shape index (κ3) is 5.96. The van der Waals surface area contributed by atoms with Crippen LogP contribution in [0.25, 0.3) is 6.08 Å². The molecule has 35 heavy (non-hydrogen) atoms. The molecule has 1 aromatic heterocycles. The van der Waals surface area contributed by atoms with Gasteiger partial charge in [0.05, 0.1) is 4.91 Å². The summed E-state index contributed by atoms with van der Waals surface area (Å²) in [4.78, 5) is 41.3. The molecule has 2 saturated heterocycles. The van der Waals surface area contributed by atoms with Gasteiger partial charge < -0.3 is 10.0 Å². The molecule has 10 heteroatoms. The van der Waals surface area contributed by atoms with E-state index in [1.54, 1.807) is 22.5 Å². The topological polar surface area (TPSA) is 107 Å². The van der Waals surface area contributed by atoms with Gasteiger partial charge in [-0.1, -0.05) is 37.3 Å². The Morgan fingerprint density at radius 2 is 1.94 bits per heavy atom. The Morgan fingerprint density at radius 3 is 2.54 bits per heavy atom. The highest BCUT2D eigenvalue weighted by atomic mass is 32.2. The number of carbonyl (C=O) groups is 2. The maximum Gasteiger partial charge on any atom is 0.303 e. The molecule has 0 aromatic carbocycles. The fourth-order valence-corrected chi connectivity index (χ4v) is 5.84. The SMILES string of the molecule is CCn1c(N2CCC(C)CC2)c(/C=C2\SC(=S)N(CCCCCC(=O)O)C2=O)c(C)c(C#N)c1=O. The third-order valence-electron chi connectivity index (χ3n) is 6.67. The number of nitrogens with zero attached hydrogens (tertiary/aromatic N) is 4. The summed E-state index contributed by atoms with van der Waals surface area (Å²) in [5.41, 5.74) is 1.10. The van der Waals surface area contributed by atoms with Gasteiger partial charge in [0.2, 0.25) is 0 Å². The number of thioether (sulfide) groups is 1. The van der Waals surface area contributed by atoms with Gasteiger partial charge in [0.1, 0.15) is 21.8 Å². The number of carboxylic acid groups (broad SMARTS) is 1. The molecule has 0 bridgehead atoms. The maximum atomic E-state index is 13.2. The van der Waals surface area contributed by atoms with Crippen molar-refractivity contribution in [3.05, 3.63) is 31.9 Å². The lowest BCUT2D eigenvalue weighted by Gasteiger charge is -2.35. The molecule has 188 valence electrons. The number of hydrogen-bond donors (Lipinski definition) is 1. The molecule has 3 rings (SSSR count). The van der Waals surface area contributed by atoms with Crippen LogP contribution < -0.4 is 10.5 Å². The lowest BCUT2D eigenvalue weighted by atomic mass is 9.97. The van der Waals surface area contributed by atoms with Crippen LogP contribution in [0.4, 0.5) is 5.82 Å². The van der Waals surface area contributed by atoms with E-state index in [1.807, 2.05) is 6.92 Å². The van der Waals surface area contributed by atoms with Crippen molar-refractivity contribution < 1.29 is 14.7 Å². The van der Waals surface area contributed by atoms with Gasteiger partial charge >= 0.3 is 5.97 Å². The van der Waals surface area contributed by atoms with Gasteiger partial charge in [0, 0.05) is 38.2 Å². The van der Waals surface area contributed by atoms with Crippen LogP contribution in [0.5, 0.6) is 0 Å². The van der Waals surface area contributed by atoms with Crippen LogP contribution in [-0.4, -0.2) is 50.4 Å². The first-order valence-electron chi connectivity index (χ1n) is 12.1. The van der Waals surface area contributed by atoms with E-state index in [4.69, 9.17) is 17.3 Å². The predicted molar refractivity (Wildman–Crippen MR) is 142 cm³/mol. The van der Waals surface area contributed by atoms with Crippen molar-refractivity contribution in [3.8, 4) is 6.07 Å². The zero-order valence-corrected chi connectivity index (χ0v) is 22.1. The number of aromatic nitrogens is 1. The van der Waals surface area contributed by atoms with Gasteiger partial charge in [-0.25, -0.2) is 0 Å². The smallest absolute Gasteiger partial charge is 0.303 e. The normalized spacial score (nSPS) is 17.9. The quantitative estimate of drug-likeness (QED) is 0.297. The fraction of sp³-hybridized carbons (Fsp3) is 0.560. The highest BCUT2D eigenvalue weighted by Crippen LogP contribution is 2.36. The molecule has 0 radical (unpaired) electrons. The van der Waals surface area contributed by atoms with Gasteiger partial charge in [-0.3, -0.25) is 23.9 Å². The van der Waals surface area contributed by atoms with Crippen molar-refractivity contribution in [2.75, 3.05) is 24.5 Å². The molecule has 0 spiro atoms. The number of nitriles is 1. The van der Waals surface area contributed by atoms with E-state index in [-0.39, 0.29) is 23.5 Å². The van der Waals surface area contributed by atoms with E-state index in [2.05, 4.69) is 17.9 Å². The van der Waals surface area contributed by atoms with Crippen LogP contribution in [0.2, 0.25) is 0 Å². The second kappa shape index (κ2) is 11.9. The Labute approximate surface area is 215 Å². The molecule has 2 fully saturated rings. The Morgan fingerprint density at radius 1 is 1.26 bits per heavy atom. The Bertz CT molecular complexity index is 1140. The number of amides is 1. The van der Waals surface area contributed by atoms with Crippen LogP contribution >= 0.6 is 24.0 Å². The summed E-state index contributed by atoms with van der Waals surface area (Å²) in [6.07, 6.45) is 5.87. The van der Waals surface area contributed by atoms with Crippen LogP contribution in [0, 0.1) is 24.2 Å². The van der Waals surface area contributed by atoms with Gasteiger partial charge in [0.15, 0.2) is 0 Å². The van der Waals surface area contributed by atoms with Crippen LogP contribution in [0.1, 0.15) is 69.1 Å². The first-order chi connectivity index (χ1) is 16.7. The van der Waals surface area contributed by atoms with E-state index in [0.29, 0.717) is 53.1 Å². The van der Waals surface area contributed by atoms with Gasteiger partial charge in [-0.2, -0.15) is 5.26 Å². The molecular weight excluding hydrogens is 484 g/mol. The number of rotatable bonds is 9. The Kier molecular flexibility index (Phi) is 9.14. The minimum Gasteiger partial charge on any atom is -0.481 e.